The van der Waals surface area contributed by atoms with Crippen LogP contribution in [0.15, 0.2) is 29.1 Å². The molecule has 2 rings (SSSR count). The number of aromatic hydroxyl groups is 1. The van der Waals surface area contributed by atoms with Gasteiger partial charge in [-0.2, -0.15) is 22.4 Å². The highest BCUT2D eigenvalue weighted by molar-refractivity contribution is 7.79. The normalized spacial score (nSPS) is 10.6. The lowest BCUT2D eigenvalue weighted by molar-refractivity contribution is 0.460. The molecule has 1 N–H and O–H groups in total. The van der Waals surface area contributed by atoms with Crippen LogP contribution in [-0.4, -0.2) is 14.9 Å². The molecule has 0 bridgehead atoms. The average Bonchev–Trinajstić information content (AvgIpc) is 2.30. The number of hydrogen-bond donors (Lipinski definition) is 2. The summed E-state index contributed by atoms with van der Waals surface area (Å²) in [6.45, 7) is 3.91. The third-order valence-electron chi connectivity index (χ3n) is 2.72. The Morgan fingerprint density at radius 3 is 2.67 bits per heavy atom. The van der Waals surface area contributed by atoms with Gasteiger partial charge in [0.05, 0.1) is 5.69 Å². The number of hydrogen-bond acceptors (Lipinski definition) is 4. The van der Waals surface area contributed by atoms with Crippen molar-refractivity contribution >= 4 is 12.6 Å². The van der Waals surface area contributed by atoms with E-state index >= 15 is 0 Å². The maximum Gasteiger partial charge on any atom is 0.275 e. The summed E-state index contributed by atoms with van der Waals surface area (Å²) in [6.07, 6.45) is 0. The Kier molecular flexibility index (Phi) is 3.43. The molecule has 94 valence electrons. The third kappa shape index (κ3) is 2.26. The zero-order valence-electron chi connectivity index (χ0n) is 10.2. The molecule has 18 heavy (non-hydrogen) atoms. The van der Waals surface area contributed by atoms with E-state index < -0.39 is 0 Å². The highest BCUT2D eigenvalue weighted by Crippen LogP contribution is 2.17. The number of nitrogens with zero attached hydrogens (tertiary/aromatic N) is 2. The first-order chi connectivity index (χ1) is 8.52. The Morgan fingerprint density at radius 2 is 2.06 bits per heavy atom. The van der Waals surface area contributed by atoms with Crippen molar-refractivity contribution in [2.75, 3.05) is 0 Å². The lowest BCUT2D eigenvalue weighted by atomic mass is 10.1. The predicted octanol–water partition coefficient (Wildman–Crippen LogP) is 1.98. The van der Waals surface area contributed by atoms with Gasteiger partial charge in [-0.1, -0.05) is 17.7 Å². The second-order valence-corrected chi connectivity index (χ2v) is 4.49. The molecule has 0 unspecified atom stereocenters. The van der Waals surface area contributed by atoms with Gasteiger partial charge < -0.3 is 5.11 Å². The number of aromatic nitrogens is 2. The van der Waals surface area contributed by atoms with Gasteiger partial charge in [0.2, 0.25) is 0 Å². The van der Waals surface area contributed by atoms with Crippen molar-refractivity contribution in [3.63, 3.8) is 0 Å². The number of thiol groups is 1. The molecule has 0 amide bonds. The molecular formula is C13H14N2O2S. The number of benzene rings is 1. The van der Waals surface area contributed by atoms with Crippen molar-refractivity contribution in [3.05, 3.63) is 51.4 Å². The minimum atomic E-state index is -0.356. The molecule has 2 aromatic rings. The maximum absolute atomic E-state index is 11.9. The zero-order valence-corrected chi connectivity index (χ0v) is 11.1. The van der Waals surface area contributed by atoms with Crippen LogP contribution in [0.4, 0.5) is 0 Å². The van der Waals surface area contributed by atoms with Crippen LogP contribution in [0.5, 0.6) is 5.75 Å². The molecule has 0 radical (unpaired) electrons. The summed E-state index contributed by atoms with van der Waals surface area (Å²) < 4.78 is 1.29. The SMILES string of the molecule is Cc1ccc(-n2nc(CS)c(O)cc2=O)c(C)c1. The van der Waals surface area contributed by atoms with Crippen molar-refractivity contribution in [2.45, 2.75) is 19.6 Å². The van der Waals surface area contributed by atoms with E-state index in [2.05, 4.69) is 17.7 Å². The lowest BCUT2D eigenvalue weighted by Crippen LogP contribution is -2.22. The summed E-state index contributed by atoms with van der Waals surface area (Å²) in [5.74, 6) is 0.160. The van der Waals surface area contributed by atoms with Crippen LogP contribution in [0.3, 0.4) is 0 Å². The molecule has 0 saturated heterocycles. The monoisotopic (exact) mass is 262 g/mol. The van der Waals surface area contributed by atoms with Gasteiger partial charge in [-0.05, 0) is 25.5 Å². The third-order valence-corrected chi connectivity index (χ3v) is 3.02. The number of rotatable bonds is 2. The quantitative estimate of drug-likeness (QED) is 0.814. The Labute approximate surface area is 110 Å². The Morgan fingerprint density at radius 1 is 1.33 bits per heavy atom. The minimum absolute atomic E-state index is 0.115. The van der Waals surface area contributed by atoms with E-state index in [1.807, 2.05) is 32.0 Å². The van der Waals surface area contributed by atoms with Crippen LogP contribution < -0.4 is 5.56 Å². The van der Waals surface area contributed by atoms with Crippen LogP contribution in [0, 0.1) is 13.8 Å². The fourth-order valence-corrected chi connectivity index (χ4v) is 2.04. The van der Waals surface area contributed by atoms with E-state index in [1.54, 1.807) is 0 Å². The van der Waals surface area contributed by atoms with E-state index in [0.29, 0.717) is 11.4 Å². The van der Waals surface area contributed by atoms with Gasteiger partial charge in [-0.15, -0.1) is 0 Å². The van der Waals surface area contributed by atoms with Crippen LogP contribution in [-0.2, 0) is 5.75 Å². The van der Waals surface area contributed by atoms with Gasteiger partial charge in [0.15, 0.2) is 0 Å². The van der Waals surface area contributed by atoms with Gasteiger partial charge in [-0.3, -0.25) is 4.79 Å². The molecule has 5 heteroatoms. The Hall–Kier alpha value is -1.75. The fraction of sp³-hybridized carbons (Fsp3) is 0.231. The standard InChI is InChI=1S/C13H14N2O2S/c1-8-3-4-11(9(2)5-8)15-13(17)6-12(16)10(7-18)14-15/h3-6,16,18H,7H2,1-2H3. The van der Waals surface area contributed by atoms with E-state index in [1.165, 1.54) is 4.68 Å². The van der Waals surface area contributed by atoms with Crippen molar-refractivity contribution in [1.82, 2.24) is 9.78 Å². The fourth-order valence-electron chi connectivity index (χ4n) is 1.81. The second kappa shape index (κ2) is 4.86. The van der Waals surface area contributed by atoms with Crippen LogP contribution in [0.25, 0.3) is 5.69 Å². The molecule has 0 saturated carbocycles. The Balaban J connectivity index is 2.67. The molecule has 1 aromatic heterocycles. The smallest absolute Gasteiger partial charge is 0.275 e. The molecule has 0 atom stereocenters. The number of aryl methyl sites for hydroxylation is 2. The lowest BCUT2D eigenvalue weighted by Gasteiger charge is -2.10. The van der Waals surface area contributed by atoms with Crippen molar-refractivity contribution in [1.29, 1.82) is 0 Å². The van der Waals surface area contributed by atoms with E-state index in [4.69, 9.17) is 0 Å². The molecular weight excluding hydrogens is 248 g/mol. The van der Waals surface area contributed by atoms with Crippen LogP contribution >= 0.6 is 12.6 Å². The summed E-state index contributed by atoms with van der Waals surface area (Å²) in [5, 5.41) is 13.7. The summed E-state index contributed by atoms with van der Waals surface area (Å²) in [5.41, 5.74) is 2.83. The van der Waals surface area contributed by atoms with Crippen LogP contribution in [0.2, 0.25) is 0 Å². The zero-order chi connectivity index (χ0) is 13.3. The maximum atomic E-state index is 11.9. The molecule has 0 aliphatic rings. The molecule has 0 aliphatic carbocycles. The summed E-state index contributed by atoms with van der Waals surface area (Å²) in [7, 11) is 0. The highest BCUT2D eigenvalue weighted by Gasteiger charge is 2.09. The molecule has 1 aromatic carbocycles. The summed E-state index contributed by atoms with van der Waals surface area (Å²) in [4.78, 5) is 11.9. The molecule has 1 heterocycles. The molecule has 0 spiro atoms. The van der Waals surface area contributed by atoms with Crippen molar-refractivity contribution in [2.24, 2.45) is 0 Å². The second-order valence-electron chi connectivity index (χ2n) is 4.17. The first-order valence-corrected chi connectivity index (χ1v) is 6.17. The van der Waals surface area contributed by atoms with E-state index in [0.717, 1.165) is 17.2 Å². The summed E-state index contributed by atoms with van der Waals surface area (Å²) in [6, 6.07) is 6.91. The largest absolute Gasteiger partial charge is 0.506 e. The van der Waals surface area contributed by atoms with E-state index in [9.17, 15) is 9.90 Å². The topological polar surface area (TPSA) is 55.1 Å². The van der Waals surface area contributed by atoms with Gasteiger partial charge in [0.1, 0.15) is 11.4 Å². The minimum Gasteiger partial charge on any atom is -0.506 e. The molecule has 0 fully saturated rings. The first-order valence-electron chi connectivity index (χ1n) is 5.53. The highest BCUT2D eigenvalue weighted by atomic mass is 32.1. The molecule has 4 nitrogen and oxygen atoms in total. The van der Waals surface area contributed by atoms with Gasteiger partial charge in [-0.25, -0.2) is 0 Å². The van der Waals surface area contributed by atoms with Crippen LogP contribution in [0.1, 0.15) is 16.8 Å². The average molecular weight is 262 g/mol. The van der Waals surface area contributed by atoms with Gasteiger partial charge >= 0.3 is 0 Å². The molecule has 0 aliphatic heterocycles. The summed E-state index contributed by atoms with van der Waals surface area (Å²) >= 11 is 4.08. The van der Waals surface area contributed by atoms with E-state index in [-0.39, 0.29) is 17.1 Å². The van der Waals surface area contributed by atoms with Gasteiger partial charge in [0.25, 0.3) is 5.56 Å². The first kappa shape index (κ1) is 12.7. The van der Waals surface area contributed by atoms with Crippen molar-refractivity contribution in [3.8, 4) is 11.4 Å². The van der Waals surface area contributed by atoms with Crippen molar-refractivity contribution < 1.29 is 5.11 Å². The predicted molar refractivity (Wildman–Crippen MR) is 73.7 cm³/mol. The Bertz CT molecular complexity index is 650. The van der Waals surface area contributed by atoms with Gasteiger partial charge in [0, 0.05) is 11.8 Å².